The monoisotopic (exact) mass is 224 g/mol. The van der Waals surface area contributed by atoms with E-state index >= 15 is 0 Å². The Balaban J connectivity index is 2.08. The fourth-order valence-corrected chi connectivity index (χ4v) is 3.90. The van der Waals surface area contributed by atoms with Crippen LogP contribution in [-0.2, 0) is 0 Å². The molecule has 0 aromatic rings. The number of likely N-dealkylation sites (tertiary alicyclic amines) is 1. The van der Waals surface area contributed by atoms with Crippen LogP contribution in [0.15, 0.2) is 0 Å². The summed E-state index contributed by atoms with van der Waals surface area (Å²) in [5, 5.41) is 0. The van der Waals surface area contributed by atoms with Gasteiger partial charge in [-0.15, -0.1) is 0 Å². The smallest absolute Gasteiger partial charge is 0.0334 e. The van der Waals surface area contributed by atoms with Crippen LogP contribution in [0, 0.1) is 0 Å². The Bertz CT molecular complexity index is 207. The maximum atomic E-state index is 6.12. The average Bonchev–Trinajstić information content (AvgIpc) is 2.80. The molecule has 1 unspecified atom stereocenters. The zero-order chi connectivity index (χ0) is 11.4. The van der Waals surface area contributed by atoms with Crippen molar-refractivity contribution in [3.8, 4) is 0 Å². The molecule has 94 valence electrons. The molecule has 1 saturated heterocycles. The van der Waals surface area contributed by atoms with Gasteiger partial charge in [-0.1, -0.05) is 32.6 Å². The van der Waals surface area contributed by atoms with Crippen LogP contribution >= 0.6 is 0 Å². The highest BCUT2D eigenvalue weighted by atomic mass is 15.2. The largest absolute Gasteiger partial charge is 0.329 e. The Morgan fingerprint density at radius 1 is 1.19 bits per heavy atom. The topological polar surface area (TPSA) is 29.3 Å². The van der Waals surface area contributed by atoms with E-state index in [9.17, 15) is 0 Å². The maximum absolute atomic E-state index is 6.12. The van der Waals surface area contributed by atoms with E-state index in [4.69, 9.17) is 5.73 Å². The van der Waals surface area contributed by atoms with Crippen molar-refractivity contribution in [2.75, 3.05) is 13.1 Å². The van der Waals surface area contributed by atoms with Crippen molar-refractivity contribution >= 4 is 0 Å². The van der Waals surface area contributed by atoms with Crippen molar-refractivity contribution in [1.82, 2.24) is 4.90 Å². The Hall–Kier alpha value is -0.0800. The standard InChI is InChI=1S/C14H28N2/c1-2-7-13-8-3-6-11-16(13)14(12-15)9-4-5-10-14/h13H,2-12,15H2,1H3. The molecule has 1 saturated carbocycles. The molecule has 2 aliphatic rings. The average molecular weight is 224 g/mol. The molecule has 2 fully saturated rings. The van der Waals surface area contributed by atoms with E-state index < -0.39 is 0 Å². The first kappa shape index (κ1) is 12.4. The van der Waals surface area contributed by atoms with Crippen molar-refractivity contribution in [2.24, 2.45) is 5.73 Å². The van der Waals surface area contributed by atoms with E-state index in [1.807, 2.05) is 0 Å². The van der Waals surface area contributed by atoms with Gasteiger partial charge in [-0.2, -0.15) is 0 Å². The third-order valence-corrected chi connectivity index (χ3v) is 4.77. The van der Waals surface area contributed by atoms with Crippen molar-refractivity contribution in [2.45, 2.75) is 76.3 Å². The number of rotatable bonds is 4. The number of hydrogen-bond donors (Lipinski definition) is 1. The number of nitrogens with zero attached hydrogens (tertiary/aromatic N) is 1. The Kier molecular flexibility index (Phi) is 4.26. The van der Waals surface area contributed by atoms with E-state index in [0.29, 0.717) is 5.54 Å². The SMILES string of the molecule is CCCC1CCCCN1C1(CN)CCCC1. The molecule has 2 heteroatoms. The van der Waals surface area contributed by atoms with E-state index in [2.05, 4.69) is 11.8 Å². The van der Waals surface area contributed by atoms with Gasteiger partial charge in [-0.3, -0.25) is 4.90 Å². The van der Waals surface area contributed by atoms with Gasteiger partial charge in [0.25, 0.3) is 0 Å². The fourth-order valence-electron chi connectivity index (χ4n) is 3.90. The molecule has 1 aliphatic heterocycles. The highest BCUT2D eigenvalue weighted by Crippen LogP contribution is 2.39. The van der Waals surface area contributed by atoms with Crippen LogP contribution < -0.4 is 5.73 Å². The van der Waals surface area contributed by atoms with Gasteiger partial charge >= 0.3 is 0 Å². The summed E-state index contributed by atoms with van der Waals surface area (Å²) in [7, 11) is 0. The highest BCUT2D eigenvalue weighted by molar-refractivity contribution is 4.99. The molecule has 0 aromatic carbocycles. The van der Waals surface area contributed by atoms with Crippen LogP contribution in [0.3, 0.4) is 0 Å². The lowest BCUT2D eigenvalue weighted by Gasteiger charge is -2.48. The second-order valence-corrected chi connectivity index (χ2v) is 5.77. The first-order valence-electron chi connectivity index (χ1n) is 7.29. The van der Waals surface area contributed by atoms with Crippen LogP contribution in [0.5, 0.6) is 0 Å². The van der Waals surface area contributed by atoms with Gasteiger partial charge in [0.15, 0.2) is 0 Å². The molecule has 2 N–H and O–H groups in total. The van der Waals surface area contributed by atoms with E-state index in [0.717, 1.165) is 12.6 Å². The summed E-state index contributed by atoms with van der Waals surface area (Å²) in [6, 6.07) is 0.834. The van der Waals surface area contributed by atoms with Gasteiger partial charge in [-0.05, 0) is 38.6 Å². The predicted molar refractivity (Wildman–Crippen MR) is 69.5 cm³/mol. The minimum Gasteiger partial charge on any atom is -0.329 e. The summed E-state index contributed by atoms with van der Waals surface area (Å²) in [6.07, 6.45) is 12.4. The lowest BCUT2D eigenvalue weighted by atomic mass is 9.87. The van der Waals surface area contributed by atoms with Crippen molar-refractivity contribution in [3.05, 3.63) is 0 Å². The summed E-state index contributed by atoms with van der Waals surface area (Å²) >= 11 is 0. The summed E-state index contributed by atoms with van der Waals surface area (Å²) in [4.78, 5) is 2.81. The molecule has 16 heavy (non-hydrogen) atoms. The quantitative estimate of drug-likeness (QED) is 0.795. The lowest BCUT2D eigenvalue weighted by Crippen LogP contribution is -2.57. The zero-order valence-corrected chi connectivity index (χ0v) is 10.9. The number of nitrogens with two attached hydrogens (primary N) is 1. The maximum Gasteiger partial charge on any atom is 0.0334 e. The molecular weight excluding hydrogens is 196 g/mol. The molecule has 0 bridgehead atoms. The van der Waals surface area contributed by atoms with Gasteiger partial charge in [-0.25, -0.2) is 0 Å². The molecule has 0 amide bonds. The summed E-state index contributed by atoms with van der Waals surface area (Å²) in [5.41, 5.74) is 6.51. The van der Waals surface area contributed by atoms with Crippen molar-refractivity contribution in [3.63, 3.8) is 0 Å². The van der Waals surface area contributed by atoms with Crippen molar-refractivity contribution in [1.29, 1.82) is 0 Å². The molecule has 0 radical (unpaired) electrons. The molecule has 1 atom stereocenters. The van der Waals surface area contributed by atoms with Crippen LogP contribution in [0.2, 0.25) is 0 Å². The van der Waals surface area contributed by atoms with Crippen LogP contribution in [0.4, 0.5) is 0 Å². The van der Waals surface area contributed by atoms with Crippen molar-refractivity contribution < 1.29 is 0 Å². The van der Waals surface area contributed by atoms with Crippen LogP contribution in [0.1, 0.15) is 64.7 Å². The van der Waals surface area contributed by atoms with Crippen LogP contribution in [0.25, 0.3) is 0 Å². The summed E-state index contributed by atoms with van der Waals surface area (Å²) < 4.78 is 0. The molecule has 1 heterocycles. The highest BCUT2D eigenvalue weighted by Gasteiger charge is 2.41. The van der Waals surface area contributed by atoms with Crippen LogP contribution in [-0.4, -0.2) is 29.6 Å². The predicted octanol–water partition coefficient (Wildman–Crippen LogP) is 2.91. The summed E-state index contributed by atoms with van der Waals surface area (Å²) in [6.45, 7) is 4.51. The van der Waals surface area contributed by atoms with Gasteiger partial charge in [0, 0.05) is 18.1 Å². The number of piperidine rings is 1. The zero-order valence-electron chi connectivity index (χ0n) is 10.9. The molecule has 0 spiro atoms. The van der Waals surface area contributed by atoms with E-state index in [1.165, 1.54) is 64.3 Å². The summed E-state index contributed by atoms with van der Waals surface area (Å²) in [5.74, 6) is 0. The van der Waals surface area contributed by atoms with Gasteiger partial charge in [0.1, 0.15) is 0 Å². The minimum absolute atomic E-state index is 0.389. The fraction of sp³-hybridized carbons (Fsp3) is 1.00. The van der Waals surface area contributed by atoms with Gasteiger partial charge in [0.05, 0.1) is 0 Å². The Labute approximate surface area is 101 Å². The molecule has 0 aromatic heterocycles. The van der Waals surface area contributed by atoms with Gasteiger partial charge in [0.2, 0.25) is 0 Å². The molecule has 1 aliphatic carbocycles. The van der Waals surface area contributed by atoms with Gasteiger partial charge < -0.3 is 5.73 Å². The lowest BCUT2D eigenvalue weighted by molar-refractivity contribution is 0.0215. The first-order chi connectivity index (χ1) is 7.82. The Morgan fingerprint density at radius 3 is 2.56 bits per heavy atom. The molecule has 2 rings (SSSR count). The first-order valence-corrected chi connectivity index (χ1v) is 7.29. The minimum atomic E-state index is 0.389. The molecular formula is C14H28N2. The number of hydrogen-bond acceptors (Lipinski definition) is 2. The normalized spacial score (nSPS) is 30.8. The molecule has 2 nitrogen and oxygen atoms in total. The van der Waals surface area contributed by atoms with E-state index in [1.54, 1.807) is 0 Å². The second-order valence-electron chi connectivity index (χ2n) is 5.77. The third kappa shape index (κ3) is 2.28. The third-order valence-electron chi connectivity index (χ3n) is 4.77. The Morgan fingerprint density at radius 2 is 1.94 bits per heavy atom. The van der Waals surface area contributed by atoms with E-state index in [-0.39, 0.29) is 0 Å². The second kappa shape index (κ2) is 5.50.